The molecule has 26 heavy (non-hydrogen) atoms. The van der Waals surface area contributed by atoms with Gasteiger partial charge >= 0.3 is 0 Å². The number of hydrogen-bond acceptors (Lipinski definition) is 5. The Balaban J connectivity index is 1.53. The molecular formula is C19H18N2O4S. The van der Waals surface area contributed by atoms with Crippen molar-refractivity contribution < 1.29 is 19.1 Å². The molecule has 2 aromatic rings. The maximum Gasteiger partial charge on any atom is 0.255 e. The summed E-state index contributed by atoms with van der Waals surface area (Å²) < 4.78 is 11.2. The van der Waals surface area contributed by atoms with Crippen molar-refractivity contribution in [1.82, 2.24) is 0 Å². The topological polar surface area (TPSA) is 76.7 Å². The van der Waals surface area contributed by atoms with Gasteiger partial charge in [-0.25, -0.2) is 0 Å². The SMILES string of the molecule is C[C@H]1Sc2ccc(C(=O)Nc3ccc4c(c3)OCCCO4)cc2NC1=O. The fourth-order valence-corrected chi connectivity index (χ4v) is 3.72. The van der Waals surface area contributed by atoms with Gasteiger partial charge in [-0.05, 0) is 37.3 Å². The fourth-order valence-electron chi connectivity index (χ4n) is 2.79. The molecule has 0 saturated carbocycles. The van der Waals surface area contributed by atoms with Crippen LogP contribution in [-0.4, -0.2) is 30.3 Å². The van der Waals surface area contributed by atoms with Crippen molar-refractivity contribution in [3.63, 3.8) is 0 Å². The highest BCUT2D eigenvalue weighted by Crippen LogP contribution is 2.36. The van der Waals surface area contributed by atoms with Crippen LogP contribution in [0.4, 0.5) is 11.4 Å². The zero-order valence-corrected chi connectivity index (χ0v) is 15.0. The maximum absolute atomic E-state index is 12.6. The predicted molar refractivity (Wildman–Crippen MR) is 100 cm³/mol. The van der Waals surface area contributed by atoms with E-state index in [1.807, 2.05) is 13.0 Å². The van der Waals surface area contributed by atoms with Gasteiger partial charge in [0.15, 0.2) is 11.5 Å². The van der Waals surface area contributed by atoms with Crippen molar-refractivity contribution in [2.45, 2.75) is 23.5 Å². The lowest BCUT2D eigenvalue weighted by Gasteiger charge is -2.21. The summed E-state index contributed by atoms with van der Waals surface area (Å²) in [5.74, 6) is 1.01. The van der Waals surface area contributed by atoms with E-state index < -0.39 is 0 Å². The molecule has 4 rings (SSSR count). The molecule has 2 N–H and O–H groups in total. The molecule has 0 bridgehead atoms. The van der Waals surface area contributed by atoms with Crippen LogP contribution in [0.5, 0.6) is 11.5 Å². The van der Waals surface area contributed by atoms with Crippen molar-refractivity contribution >= 4 is 35.0 Å². The number of anilines is 2. The smallest absolute Gasteiger partial charge is 0.255 e. The summed E-state index contributed by atoms with van der Waals surface area (Å²) in [5.41, 5.74) is 1.78. The van der Waals surface area contributed by atoms with Gasteiger partial charge in [0.25, 0.3) is 5.91 Å². The highest BCUT2D eigenvalue weighted by atomic mass is 32.2. The molecule has 0 saturated heterocycles. The van der Waals surface area contributed by atoms with E-state index in [1.165, 1.54) is 11.8 Å². The minimum atomic E-state index is -0.250. The normalized spacial score (nSPS) is 18.3. The first-order valence-electron chi connectivity index (χ1n) is 8.43. The van der Waals surface area contributed by atoms with E-state index in [1.54, 1.807) is 30.3 Å². The molecule has 0 fully saturated rings. The van der Waals surface area contributed by atoms with Crippen LogP contribution in [0.3, 0.4) is 0 Å². The molecule has 6 nitrogen and oxygen atoms in total. The molecule has 2 heterocycles. The molecule has 2 aliphatic heterocycles. The van der Waals surface area contributed by atoms with Gasteiger partial charge in [0.2, 0.25) is 5.91 Å². The van der Waals surface area contributed by atoms with Crippen LogP contribution >= 0.6 is 11.8 Å². The first kappa shape index (κ1) is 16.8. The number of thioether (sulfide) groups is 1. The number of amides is 2. The minimum Gasteiger partial charge on any atom is -0.490 e. The summed E-state index contributed by atoms with van der Waals surface area (Å²) in [6, 6.07) is 10.7. The molecule has 2 aromatic carbocycles. The Morgan fingerprint density at radius 1 is 1.15 bits per heavy atom. The van der Waals surface area contributed by atoms with Crippen LogP contribution in [0.25, 0.3) is 0 Å². The first-order chi connectivity index (χ1) is 12.6. The molecular weight excluding hydrogens is 352 g/mol. The van der Waals surface area contributed by atoms with Gasteiger partial charge in [-0.2, -0.15) is 0 Å². The lowest BCUT2D eigenvalue weighted by molar-refractivity contribution is -0.115. The lowest BCUT2D eigenvalue weighted by Crippen LogP contribution is -2.26. The van der Waals surface area contributed by atoms with E-state index in [2.05, 4.69) is 10.6 Å². The average Bonchev–Trinajstić information content (AvgIpc) is 2.87. The number of carbonyl (C=O) groups excluding carboxylic acids is 2. The lowest BCUT2D eigenvalue weighted by atomic mass is 10.1. The van der Waals surface area contributed by atoms with E-state index in [9.17, 15) is 9.59 Å². The second kappa shape index (κ2) is 6.92. The van der Waals surface area contributed by atoms with Crippen LogP contribution in [0.2, 0.25) is 0 Å². The Morgan fingerprint density at radius 2 is 1.96 bits per heavy atom. The van der Waals surface area contributed by atoms with Gasteiger partial charge in [-0.3, -0.25) is 9.59 Å². The number of nitrogens with one attached hydrogen (secondary N) is 2. The molecule has 0 aliphatic carbocycles. The van der Waals surface area contributed by atoms with Crippen LogP contribution in [0.1, 0.15) is 23.7 Å². The Hall–Kier alpha value is -2.67. The van der Waals surface area contributed by atoms with Crippen LogP contribution in [0.15, 0.2) is 41.3 Å². The molecule has 2 amide bonds. The van der Waals surface area contributed by atoms with Crippen molar-refractivity contribution in [3.8, 4) is 11.5 Å². The Kier molecular flexibility index (Phi) is 4.46. The number of ether oxygens (including phenoxy) is 2. The van der Waals surface area contributed by atoms with Gasteiger partial charge in [-0.15, -0.1) is 11.8 Å². The fraction of sp³-hybridized carbons (Fsp3) is 0.263. The number of fused-ring (bicyclic) bond motifs is 2. The molecule has 0 spiro atoms. The Bertz CT molecular complexity index is 884. The highest BCUT2D eigenvalue weighted by Gasteiger charge is 2.24. The molecule has 7 heteroatoms. The van der Waals surface area contributed by atoms with Crippen LogP contribution in [-0.2, 0) is 4.79 Å². The highest BCUT2D eigenvalue weighted by molar-refractivity contribution is 8.00. The van der Waals surface area contributed by atoms with Gasteiger partial charge in [0.1, 0.15) is 0 Å². The molecule has 0 unspecified atom stereocenters. The summed E-state index contributed by atoms with van der Waals surface area (Å²) in [5, 5.41) is 5.57. The van der Waals surface area contributed by atoms with Crippen molar-refractivity contribution in [1.29, 1.82) is 0 Å². The Labute approximate surface area is 155 Å². The zero-order chi connectivity index (χ0) is 18.1. The summed E-state index contributed by atoms with van der Waals surface area (Å²) in [7, 11) is 0. The number of carbonyl (C=O) groups is 2. The average molecular weight is 370 g/mol. The van der Waals surface area contributed by atoms with E-state index in [-0.39, 0.29) is 17.1 Å². The second-order valence-corrected chi connectivity index (χ2v) is 7.51. The van der Waals surface area contributed by atoms with Crippen molar-refractivity contribution in [2.75, 3.05) is 23.8 Å². The van der Waals surface area contributed by atoms with E-state index in [0.717, 1.165) is 11.3 Å². The van der Waals surface area contributed by atoms with E-state index in [4.69, 9.17) is 9.47 Å². The second-order valence-electron chi connectivity index (χ2n) is 6.13. The molecule has 134 valence electrons. The summed E-state index contributed by atoms with van der Waals surface area (Å²) in [4.78, 5) is 25.4. The largest absolute Gasteiger partial charge is 0.490 e. The maximum atomic E-state index is 12.6. The van der Waals surface area contributed by atoms with Crippen molar-refractivity contribution in [3.05, 3.63) is 42.0 Å². The molecule has 1 atom stereocenters. The Morgan fingerprint density at radius 3 is 2.81 bits per heavy atom. The number of rotatable bonds is 2. The molecule has 0 aromatic heterocycles. The third-order valence-electron chi connectivity index (χ3n) is 4.18. The van der Waals surface area contributed by atoms with Gasteiger partial charge in [0.05, 0.1) is 24.2 Å². The monoisotopic (exact) mass is 370 g/mol. The molecule has 0 radical (unpaired) electrons. The van der Waals surface area contributed by atoms with Crippen molar-refractivity contribution in [2.24, 2.45) is 0 Å². The number of hydrogen-bond donors (Lipinski definition) is 2. The third-order valence-corrected chi connectivity index (χ3v) is 5.36. The molecule has 2 aliphatic rings. The van der Waals surface area contributed by atoms with Gasteiger partial charge in [0, 0.05) is 28.6 Å². The zero-order valence-electron chi connectivity index (χ0n) is 14.2. The third kappa shape index (κ3) is 3.35. The first-order valence-corrected chi connectivity index (χ1v) is 9.31. The summed E-state index contributed by atoms with van der Waals surface area (Å²) in [6.45, 7) is 3.06. The predicted octanol–water partition coefficient (Wildman–Crippen LogP) is 3.53. The quantitative estimate of drug-likeness (QED) is 0.846. The van der Waals surface area contributed by atoms with Crippen LogP contribution in [0, 0.1) is 0 Å². The van der Waals surface area contributed by atoms with Gasteiger partial charge < -0.3 is 20.1 Å². The number of benzene rings is 2. The van der Waals surface area contributed by atoms with Gasteiger partial charge in [-0.1, -0.05) is 0 Å². The standard InChI is InChI=1S/C19H18N2O4S/c1-11-18(22)21-14-9-12(3-6-17(14)26-11)19(23)20-13-4-5-15-16(10-13)25-8-2-7-24-15/h3-6,9-11H,2,7-8H2,1H3,(H,20,23)(H,21,22)/t11-/m1/s1. The van der Waals surface area contributed by atoms with E-state index in [0.29, 0.717) is 41.7 Å². The minimum absolute atomic E-state index is 0.0528. The summed E-state index contributed by atoms with van der Waals surface area (Å²) >= 11 is 1.49. The summed E-state index contributed by atoms with van der Waals surface area (Å²) in [6.07, 6.45) is 0.827. The van der Waals surface area contributed by atoms with E-state index >= 15 is 0 Å². The van der Waals surface area contributed by atoms with Crippen LogP contribution < -0.4 is 20.1 Å².